The number of nitrogens with zero attached hydrogens (tertiary/aromatic N) is 1. The molecule has 0 unspecified atom stereocenters. The molecular weight excluding hydrogens is 212 g/mol. The molecule has 1 aromatic rings. The number of nitriles is 1. The maximum atomic E-state index is 8.85. The zero-order valence-electron chi connectivity index (χ0n) is 10.8. The third-order valence-electron chi connectivity index (χ3n) is 2.58. The van der Waals surface area contributed by atoms with Gasteiger partial charge in [-0.2, -0.15) is 5.26 Å². The average molecular weight is 232 g/mol. The molecular formula is C14H20N2O. The predicted molar refractivity (Wildman–Crippen MR) is 69.3 cm³/mol. The molecule has 0 heterocycles. The van der Waals surface area contributed by atoms with Gasteiger partial charge in [-0.05, 0) is 56.6 Å². The first-order valence-electron chi connectivity index (χ1n) is 6.04. The van der Waals surface area contributed by atoms with Crippen molar-refractivity contribution in [2.75, 3.05) is 19.7 Å². The van der Waals surface area contributed by atoms with Gasteiger partial charge in [0.1, 0.15) is 5.75 Å². The Hall–Kier alpha value is -1.53. The normalized spacial score (nSPS) is 10.0. The number of hydrogen-bond acceptors (Lipinski definition) is 3. The Labute approximate surface area is 103 Å². The van der Waals surface area contributed by atoms with Crippen molar-refractivity contribution in [1.29, 1.82) is 5.26 Å². The molecule has 0 aliphatic rings. The van der Waals surface area contributed by atoms with E-state index in [1.54, 1.807) is 0 Å². The van der Waals surface area contributed by atoms with Gasteiger partial charge in [-0.15, -0.1) is 0 Å². The molecule has 0 saturated heterocycles. The van der Waals surface area contributed by atoms with E-state index in [0.717, 1.165) is 36.4 Å². The van der Waals surface area contributed by atoms with Gasteiger partial charge < -0.3 is 10.1 Å². The Morgan fingerprint density at radius 3 is 2.47 bits per heavy atom. The molecule has 1 rings (SSSR count). The van der Waals surface area contributed by atoms with E-state index in [-0.39, 0.29) is 0 Å². The first kappa shape index (κ1) is 13.5. The second-order valence-corrected chi connectivity index (χ2v) is 4.11. The smallest absolute Gasteiger partial charge is 0.125 e. The molecule has 0 amide bonds. The molecule has 0 saturated carbocycles. The summed E-state index contributed by atoms with van der Waals surface area (Å²) in [6.07, 6.45) is 0.993. The number of rotatable bonds is 6. The molecule has 0 aromatic heterocycles. The van der Waals surface area contributed by atoms with E-state index in [9.17, 15) is 0 Å². The van der Waals surface area contributed by atoms with Crippen molar-refractivity contribution in [3.8, 4) is 11.8 Å². The second kappa shape index (κ2) is 6.93. The lowest BCUT2D eigenvalue weighted by atomic mass is 10.1. The highest BCUT2D eigenvalue weighted by Gasteiger charge is 2.05. The molecule has 0 atom stereocenters. The maximum absolute atomic E-state index is 8.85. The molecule has 92 valence electrons. The second-order valence-electron chi connectivity index (χ2n) is 4.11. The van der Waals surface area contributed by atoms with Crippen LogP contribution in [0.1, 0.15) is 30.0 Å². The van der Waals surface area contributed by atoms with Gasteiger partial charge in [0, 0.05) is 0 Å². The standard InChI is InChI=1S/C14H20N2O/c1-4-16-6-5-7-17-14-11(2)8-13(10-15)9-12(14)3/h8-9,16H,4-7H2,1-3H3. The third-order valence-corrected chi connectivity index (χ3v) is 2.58. The Morgan fingerprint density at radius 1 is 1.29 bits per heavy atom. The highest BCUT2D eigenvalue weighted by molar-refractivity contribution is 5.47. The van der Waals surface area contributed by atoms with Crippen LogP contribution in [0.4, 0.5) is 0 Å². The van der Waals surface area contributed by atoms with E-state index in [1.807, 2.05) is 26.0 Å². The van der Waals surface area contributed by atoms with Gasteiger partial charge in [-0.1, -0.05) is 6.92 Å². The summed E-state index contributed by atoms with van der Waals surface area (Å²) >= 11 is 0. The van der Waals surface area contributed by atoms with Crippen LogP contribution in [0, 0.1) is 25.2 Å². The van der Waals surface area contributed by atoms with Crippen molar-refractivity contribution in [3.63, 3.8) is 0 Å². The lowest BCUT2D eigenvalue weighted by Gasteiger charge is -2.12. The van der Waals surface area contributed by atoms with Gasteiger partial charge in [-0.25, -0.2) is 0 Å². The van der Waals surface area contributed by atoms with E-state index in [0.29, 0.717) is 12.2 Å². The maximum Gasteiger partial charge on any atom is 0.125 e. The number of aryl methyl sites for hydroxylation is 2. The fourth-order valence-corrected chi connectivity index (χ4v) is 1.79. The Kier molecular flexibility index (Phi) is 5.51. The topological polar surface area (TPSA) is 45.0 Å². The van der Waals surface area contributed by atoms with Crippen molar-refractivity contribution in [3.05, 3.63) is 28.8 Å². The first-order chi connectivity index (χ1) is 8.19. The van der Waals surface area contributed by atoms with Gasteiger partial charge in [0.15, 0.2) is 0 Å². The molecule has 3 heteroatoms. The quantitative estimate of drug-likeness (QED) is 0.767. The van der Waals surface area contributed by atoms with Gasteiger partial charge >= 0.3 is 0 Å². The summed E-state index contributed by atoms with van der Waals surface area (Å²) in [6.45, 7) is 8.73. The minimum absolute atomic E-state index is 0.694. The van der Waals surface area contributed by atoms with E-state index >= 15 is 0 Å². The monoisotopic (exact) mass is 232 g/mol. The SMILES string of the molecule is CCNCCCOc1c(C)cc(C#N)cc1C. The van der Waals surface area contributed by atoms with Crippen LogP contribution < -0.4 is 10.1 Å². The molecule has 1 aromatic carbocycles. The van der Waals surface area contributed by atoms with Gasteiger partial charge in [-0.3, -0.25) is 0 Å². The van der Waals surface area contributed by atoms with Crippen LogP contribution in [-0.4, -0.2) is 19.7 Å². The van der Waals surface area contributed by atoms with Crippen LogP contribution in [0.2, 0.25) is 0 Å². The molecule has 0 fully saturated rings. The zero-order chi connectivity index (χ0) is 12.7. The Bertz CT molecular complexity index is 384. The molecule has 3 nitrogen and oxygen atoms in total. The van der Waals surface area contributed by atoms with Crippen molar-refractivity contribution < 1.29 is 4.74 Å². The van der Waals surface area contributed by atoms with Crippen LogP contribution in [0.5, 0.6) is 5.75 Å². The van der Waals surface area contributed by atoms with Gasteiger partial charge in [0.25, 0.3) is 0 Å². The van der Waals surface area contributed by atoms with Crippen molar-refractivity contribution in [2.45, 2.75) is 27.2 Å². The van der Waals surface area contributed by atoms with E-state index in [2.05, 4.69) is 18.3 Å². The van der Waals surface area contributed by atoms with Crippen molar-refractivity contribution in [2.24, 2.45) is 0 Å². The summed E-state index contributed by atoms with van der Waals surface area (Å²) < 4.78 is 5.76. The molecule has 0 spiro atoms. The number of benzene rings is 1. The lowest BCUT2D eigenvalue weighted by Crippen LogP contribution is -2.16. The molecule has 1 N–H and O–H groups in total. The lowest BCUT2D eigenvalue weighted by molar-refractivity contribution is 0.305. The van der Waals surface area contributed by atoms with E-state index in [1.165, 1.54) is 0 Å². The van der Waals surface area contributed by atoms with Crippen LogP contribution in [0.15, 0.2) is 12.1 Å². The fraction of sp³-hybridized carbons (Fsp3) is 0.500. The van der Waals surface area contributed by atoms with E-state index in [4.69, 9.17) is 10.00 Å². The summed E-state index contributed by atoms with van der Waals surface area (Å²) in [5, 5.41) is 12.1. The Morgan fingerprint density at radius 2 is 1.94 bits per heavy atom. The average Bonchev–Trinajstić information content (AvgIpc) is 2.31. The molecule has 0 bridgehead atoms. The van der Waals surface area contributed by atoms with Gasteiger partial charge in [0.05, 0.1) is 18.2 Å². The van der Waals surface area contributed by atoms with Crippen molar-refractivity contribution in [1.82, 2.24) is 5.32 Å². The van der Waals surface area contributed by atoms with Crippen molar-refractivity contribution >= 4 is 0 Å². The van der Waals surface area contributed by atoms with Crippen LogP contribution in [0.3, 0.4) is 0 Å². The summed E-state index contributed by atoms with van der Waals surface area (Å²) in [6, 6.07) is 5.89. The van der Waals surface area contributed by atoms with E-state index < -0.39 is 0 Å². The Balaban J connectivity index is 2.57. The summed E-state index contributed by atoms with van der Waals surface area (Å²) in [5.74, 6) is 0.917. The molecule has 0 aliphatic heterocycles. The molecule has 0 radical (unpaired) electrons. The predicted octanol–water partition coefficient (Wildman–Crippen LogP) is 2.55. The minimum atomic E-state index is 0.694. The number of nitrogens with one attached hydrogen (secondary N) is 1. The summed E-state index contributed by atoms with van der Waals surface area (Å²) in [4.78, 5) is 0. The third kappa shape index (κ3) is 4.08. The largest absolute Gasteiger partial charge is 0.493 e. The zero-order valence-corrected chi connectivity index (χ0v) is 10.8. The minimum Gasteiger partial charge on any atom is -0.493 e. The highest BCUT2D eigenvalue weighted by atomic mass is 16.5. The van der Waals surface area contributed by atoms with Crippen LogP contribution in [-0.2, 0) is 0 Å². The number of hydrogen-bond donors (Lipinski definition) is 1. The molecule has 0 aliphatic carbocycles. The highest BCUT2D eigenvalue weighted by Crippen LogP contribution is 2.24. The summed E-state index contributed by atoms with van der Waals surface area (Å²) in [7, 11) is 0. The fourth-order valence-electron chi connectivity index (χ4n) is 1.79. The van der Waals surface area contributed by atoms with Crippen LogP contribution in [0.25, 0.3) is 0 Å². The van der Waals surface area contributed by atoms with Crippen LogP contribution >= 0.6 is 0 Å². The van der Waals surface area contributed by atoms with Gasteiger partial charge in [0.2, 0.25) is 0 Å². The summed E-state index contributed by atoms with van der Waals surface area (Å²) in [5.41, 5.74) is 2.76. The number of ether oxygens (including phenoxy) is 1. The molecule has 17 heavy (non-hydrogen) atoms. The first-order valence-corrected chi connectivity index (χ1v) is 6.04.